The van der Waals surface area contributed by atoms with Crippen LogP contribution >= 0.6 is 0 Å². The summed E-state index contributed by atoms with van der Waals surface area (Å²) in [6.07, 6.45) is 6.47. The minimum Gasteiger partial charge on any atom is -0.486 e. The second kappa shape index (κ2) is 14.6. The van der Waals surface area contributed by atoms with Gasteiger partial charge in [-0.3, -0.25) is 0 Å². The van der Waals surface area contributed by atoms with Gasteiger partial charge in [-0.15, -0.1) is 54.1 Å². The second-order valence-corrected chi connectivity index (χ2v) is 19.2. The molecule has 0 amide bonds. The Morgan fingerprint density at radius 1 is 0.979 bits per heavy atom. The number of pyridine rings is 3. The third-order valence-electron chi connectivity index (χ3n) is 9.65. The summed E-state index contributed by atoms with van der Waals surface area (Å²) in [7, 11) is -1.50. The molecule has 0 N–H and O–H groups in total. The van der Waals surface area contributed by atoms with Gasteiger partial charge < -0.3 is 14.4 Å². The molecule has 2 bridgehead atoms. The molecule has 3 aliphatic rings. The Hall–Kier alpha value is -3.44. The maximum Gasteiger partial charge on any atom is 0.216 e. The number of hydrogen-bond donors (Lipinski definition) is 0. The number of aromatic nitrogens is 3. The van der Waals surface area contributed by atoms with Crippen molar-refractivity contribution in [1.29, 1.82) is 0 Å². The normalized spacial score (nSPS) is 21.1. The van der Waals surface area contributed by atoms with E-state index in [9.17, 15) is 0 Å². The Morgan fingerprint density at radius 3 is 2.52 bits per heavy atom. The third kappa shape index (κ3) is 7.27. The smallest absolute Gasteiger partial charge is 0.216 e. The number of nitrogens with zero attached hydrogens (tertiary/aromatic N) is 3. The standard InChI is InChI=1S/C25H23N2O.C17H22NSi.Ir/c1-3-20-21-5-2-11-27-25(21)28-24(20)22(4-1)23-15-17(10-12-26-23)14-19-13-16-6-8-18(19)9-7-16;1-13(2)15-11-16(14-9-7-6-8-10-14)18-12-17(15)19(3,4)5;/h1-3,5,10-12,15-16,18-19H,6-9,13-14H2;6-9,11-13H,1-5H3;/q2*-1;/i10D,12D,14D2,15D;13D;. The largest absolute Gasteiger partial charge is 0.486 e. The number of rotatable bonds is 6. The minimum absolute atomic E-state index is 0. The van der Waals surface area contributed by atoms with E-state index in [2.05, 4.69) is 52.8 Å². The summed E-state index contributed by atoms with van der Waals surface area (Å²) in [4.78, 5) is 13.1. The molecule has 0 saturated heterocycles. The molecule has 48 heavy (non-hydrogen) atoms. The van der Waals surface area contributed by atoms with Crippen molar-refractivity contribution in [2.45, 2.75) is 77.9 Å². The van der Waals surface area contributed by atoms with Crippen LogP contribution in [-0.2, 0) is 26.5 Å². The van der Waals surface area contributed by atoms with E-state index in [4.69, 9.17) is 12.6 Å². The fourth-order valence-corrected chi connectivity index (χ4v) is 8.75. The number of fused-ring (bicyclic) bond motifs is 6. The van der Waals surface area contributed by atoms with E-state index >= 15 is 0 Å². The molecule has 0 aliphatic heterocycles. The van der Waals surface area contributed by atoms with E-state index in [1.165, 1.54) is 5.19 Å². The van der Waals surface area contributed by atoms with Gasteiger partial charge in [0, 0.05) is 48.2 Å². The van der Waals surface area contributed by atoms with Gasteiger partial charge in [-0.1, -0.05) is 80.5 Å². The van der Waals surface area contributed by atoms with Gasteiger partial charge in [-0.05, 0) is 84.0 Å². The summed E-state index contributed by atoms with van der Waals surface area (Å²) in [5, 5.41) is 2.90. The number of benzene rings is 2. The van der Waals surface area contributed by atoms with Crippen molar-refractivity contribution in [1.82, 2.24) is 15.0 Å². The van der Waals surface area contributed by atoms with Gasteiger partial charge in [0.15, 0.2) is 0 Å². The summed E-state index contributed by atoms with van der Waals surface area (Å²) >= 11 is 0. The minimum atomic E-state index is -1.88. The van der Waals surface area contributed by atoms with Crippen LogP contribution in [-0.4, -0.2) is 23.0 Å². The maximum absolute atomic E-state index is 9.08. The molecule has 3 fully saturated rings. The molecule has 3 saturated carbocycles. The predicted molar refractivity (Wildman–Crippen MR) is 196 cm³/mol. The molecule has 6 heteroatoms. The molecule has 4 nitrogen and oxygen atoms in total. The molecule has 1 unspecified atom stereocenters. The molecule has 0 spiro atoms. The van der Waals surface area contributed by atoms with Crippen LogP contribution in [0.25, 0.3) is 44.6 Å². The van der Waals surface area contributed by atoms with Gasteiger partial charge in [-0.2, -0.15) is 0 Å². The average molecular weight is 834 g/mol. The quantitative estimate of drug-likeness (QED) is 0.124. The van der Waals surface area contributed by atoms with Crippen molar-refractivity contribution in [2.24, 2.45) is 17.8 Å². The molecule has 3 aliphatic carbocycles. The van der Waals surface area contributed by atoms with Crippen LogP contribution < -0.4 is 5.19 Å². The molecular formula is C42H45IrN3OSi-2. The Morgan fingerprint density at radius 2 is 1.81 bits per heavy atom. The molecule has 249 valence electrons. The molecule has 4 aromatic heterocycles. The first-order valence-corrected chi connectivity index (χ1v) is 20.2. The third-order valence-corrected chi connectivity index (χ3v) is 11.7. The fourth-order valence-electron chi connectivity index (χ4n) is 7.17. The van der Waals surface area contributed by atoms with E-state index in [0.717, 1.165) is 59.7 Å². The van der Waals surface area contributed by atoms with Crippen LogP contribution in [0.2, 0.25) is 19.6 Å². The van der Waals surface area contributed by atoms with Crippen LogP contribution in [0.4, 0.5) is 0 Å². The summed E-state index contributed by atoms with van der Waals surface area (Å²) < 4.78 is 58.4. The topological polar surface area (TPSA) is 51.8 Å². The van der Waals surface area contributed by atoms with Gasteiger partial charge in [0.2, 0.25) is 5.71 Å². The fraction of sp³-hybridized carbons (Fsp3) is 0.357. The van der Waals surface area contributed by atoms with Crippen molar-refractivity contribution in [3.63, 3.8) is 0 Å². The average Bonchev–Trinajstić information content (AvgIpc) is 3.52. The van der Waals surface area contributed by atoms with E-state index in [0.29, 0.717) is 22.8 Å². The summed E-state index contributed by atoms with van der Waals surface area (Å²) in [5.41, 5.74) is 4.38. The summed E-state index contributed by atoms with van der Waals surface area (Å²) in [5.74, 6) is -0.0864. The van der Waals surface area contributed by atoms with Crippen molar-refractivity contribution in [3.8, 4) is 22.5 Å². The van der Waals surface area contributed by atoms with Crippen LogP contribution in [0.3, 0.4) is 0 Å². The maximum atomic E-state index is 9.08. The van der Waals surface area contributed by atoms with Crippen LogP contribution in [0, 0.1) is 29.9 Å². The Labute approximate surface area is 308 Å². The first-order valence-electron chi connectivity index (χ1n) is 19.7. The van der Waals surface area contributed by atoms with E-state index in [-0.39, 0.29) is 61.5 Å². The Balaban J connectivity index is 0.000000205. The summed E-state index contributed by atoms with van der Waals surface area (Å²) in [6, 6.07) is 23.1. The van der Waals surface area contributed by atoms with E-state index in [1.54, 1.807) is 12.3 Å². The molecule has 9 rings (SSSR count). The van der Waals surface area contributed by atoms with Gasteiger partial charge in [0.1, 0.15) is 0 Å². The summed E-state index contributed by atoms with van der Waals surface area (Å²) in [6.45, 7) is 10.8. The van der Waals surface area contributed by atoms with Crippen LogP contribution in [0.15, 0.2) is 89.7 Å². The monoisotopic (exact) mass is 834 g/mol. The zero-order chi connectivity index (χ0) is 37.9. The van der Waals surface area contributed by atoms with Crippen LogP contribution in [0.5, 0.6) is 0 Å². The number of furan rings is 1. The van der Waals surface area contributed by atoms with Gasteiger partial charge in [0.25, 0.3) is 0 Å². The SMILES string of the molecule is [2H]C(C)(C)c1cc(-c2[c-]cccc2)ncc1[Si](C)(C)C.[2H]c1nc(-c2[c-]ccc3c2oc2ncccc23)c([2H])c(C([2H])([2H])C2CC3CCC2CC3)c1[2H].[Ir]. The van der Waals surface area contributed by atoms with Crippen LogP contribution in [0.1, 0.15) is 71.2 Å². The van der Waals surface area contributed by atoms with Gasteiger partial charge in [-0.25, -0.2) is 4.98 Å². The second-order valence-electron chi connectivity index (χ2n) is 14.2. The molecule has 6 aromatic rings. The van der Waals surface area contributed by atoms with Gasteiger partial charge in [0.05, 0.1) is 17.8 Å². The van der Waals surface area contributed by atoms with Crippen molar-refractivity contribution < 1.29 is 32.7 Å². The zero-order valence-corrected chi connectivity index (χ0v) is 31.6. The van der Waals surface area contributed by atoms with E-state index < -0.39 is 20.3 Å². The molecule has 4 heterocycles. The van der Waals surface area contributed by atoms with Crippen molar-refractivity contribution in [2.75, 3.05) is 0 Å². The molecule has 2 aromatic carbocycles. The number of hydrogen-bond acceptors (Lipinski definition) is 4. The molecule has 1 atom stereocenters. The predicted octanol–water partition coefficient (Wildman–Crippen LogP) is 10.4. The first kappa shape index (κ1) is 27.4. The zero-order valence-electron chi connectivity index (χ0n) is 34.2. The first-order chi connectivity index (χ1) is 25.1. The Bertz CT molecular complexity index is 2300. The van der Waals surface area contributed by atoms with Gasteiger partial charge >= 0.3 is 0 Å². The van der Waals surface area contributed by atoms with E-state index in [1.807, 2.05) is 62.5 Å². The van der Waals surface area contributed by atoms with Crippen molar-refractivity contribution in [3.05, 3.63) is 109 Å². The van der Waals surface area contributed by atoms with Crippen molar-refractivity contribution >= 4 is 35.3 Å². The molecular weight excluding hydrogens is 783 g/mol. The molecule has 1 radical (unpaired) electrons. The Kier molecular flexibility index (Phi) is 8.32.